The first kappa shape index (κ1) is 14.2. The van der Waals surface area contributed by atoms with E-state index in [1.165, 1.54) is 12.1 Å². The van der Waals surface area contributed by atoms with Gasteiger partial charge in [-0.15, -0.1) is 11.6 Å². The molecule has 0 aliphatic heterocycles. The predicted molar refractivity (Wildman–Crippen MR) is 80.1 cm³/mol. The Morgan fingerprint density at radius 1 is 1.11 bits per heavy atom. The van der Waals surface area contributed by atoms with Crippen LogP contribution in [0.2, 0.25) is 5.02 Å². The summed E-state index contributed by atoms with van der Waals surface area (Å²) in [6.07, 6.45) is 0. The number of alkyl halides is 1. The molecule has 4 heteroatoms. The van der Waals surface area contributed by atoms with Crippen LogP contribution in [0.3, 0.4) is 0 Å². The lowest BCUT2D eigenvalue weighted by Gasteiger charge is -2.24. The van der Waals surface area contributed by atoms with Crippen LogP contribution in [0, 0.1) is 5.82 Å². The van der Waals surface area contributed by atoms with Crippen LogP contribution in [0.4, 0.5) is 15.8 Å². The SMILES string of the molecule is CCN(c1cccc(F)c1)c1ccc(CCl)c(Cl)c1. The van der Waals surface area contributed by atoms with E-state index in [1.54, 1.807) is 6.07 Å². The molecule has 0 bridgehead atoms. The van der Waals surface area contributed by atoms with Gasteiger partial charge in [0.05, 0.1) is 0 Å². The van der Waals surface area contributed by atoms with Crippen LogP contribution in [-0.4, -0.2) is 6.54 Å². The predicted octanol–water partition coefficient (Wildman–Crippen LogP) is 5.38. The quantitative estimate of drug-likeness (QED) is 0.685. The van der Waals surface area contributed by atoms with Gasteiger partial charge in [0.25, 0.3) is 0 Å². The van der Waals surface area contributed by atoms with E-state index in [0.29, 0.717) is 10.9 Å². The lowest BCUT2D eigenvalue weighted by molar-refractivity contribution is 0.627. The molecule has 0 aromatic heterocycles. The molecule has 0 atom stereocenters. The lowest BCUT2D eigenvalue weighted by Crippen LogP contribution is -2.16. The summed E-state index contributed by atoms with van der Waals surface area (Å²) in [7, 11) is 0. The van der Waals surface area contributed by atoms with Crippen molar-refractivity contribution in [2.75, 3.05) is 11.4 Å². The monoisotopic (exact) mass is 297 g/mol. The first-order valence-corrected chi connectivity index (χ1v) is 6.94. The van der Waals surface area contributed by atoms with Crippen molar-refractivity contribution in [1.82, 2.24) is 0 Å². The Labute approximate surface area is 122 Å². The minimum Gasteiger partial charge on any atom is -0.342 e. The van der Waals surface area contributed by atoms with E-state index in [1.807, 2.05) is 36.1 Å². The van der Waals surface area contributed by atoms with Crippen LogP contribution in [0.1, 0.15) is 12.5 Å². The van der Waals surface area contributed by atoms with Crippen LogP contribution < -0.4 is 4.90 Å². The van der Waals surface area contributed by atoms with Gasteiger partial charge >= 0.3 is 0 Å². The van der Waals surface area contributed by atoms with Crippen molar-refractivity contribution in [3.05, 3.63) is 58.9 Å². The van der Waals surface area contributed by atoms with E-state index >= 15 is 0 Å². The molecule has 0 radical (unpaired) electrons. The Hall–Kier alpha value is -1.25. The fourth-order valence-corrected chi connectivity index (χ4v) is 2.51. The molecule has 0 amide bonds. The third kappa shape index (κ3) is 3.20. The first-order chi connectivity index (χ1) is 9.15. The van der Waals surface area contributed by atoms with Gasteiger partial charge in [-0.3, -0.25) is 0 Å². The number of halogens is 3. The maximum Gasteiger partial charge on any atom is 0.125 e. The number of benzene rings is 2. The van der Waals surface area contributed by atoms with Crippen LogP contribution in [0.5, 0.6) is 0 Å². The molecule has 19 heavy (non-hydrogen) atoms. The van der Waals surface area contributed by atoms with Crippen molar-refractivity contribution in [1.29, 1.82) is 0 Å². The number of hydrogen-bond acceptors (Lipinski definition) is 1. The summed E-state index contributed by atoms with van der Waals surface area (Å²) < 4.78 is 13.3. The van der Waals surface area contributed by atoms with E-state index in [0.717, 1.165) is 23.5 Å². The number of rotatable bonds is 4. The Bertz CT molecular complexity index is 572. The summed E-state index contributed by atoms with van der Waals surface area (Å²) in [4.78, 5) is 1.99. The fourth-order valence-electron chi connectivity index (χ4n) is 1.97. The van der Waals surface area contributed by atoms with Crippen LogP contribution in [0.15, 0.2) is 42.5 Å². The summed E-state index contributed by atoms with van der Waals surface area (Å²) in [5.41, 5.74) is 2.62. The van der Waals surface area contributed by atoms with Crippen molar-refractivity contribution in [2.24, 2.45) is 0 Å². The largest absolute Gasteiger partial charge is 0.342 e. The highest BCUT2D eigenvalue weighted by Gasteiger charge is 2.10. The number of anilines is 2. The van der Waals surface area contributed by atoms with E-state index in [-0.39, 0.29) is 5.82 Å². The van der Waals surface area contributed by atoms with Crippen LogP contribution in [-0.2, 0) is 5.88 Å². The van der Waals surface area contributed by atoms with Crippen LogP contribution in [0.25, 0.3) is 0 Å². The number of nitrogens with zero attached hydrogens (tertiary/aromatic N) is 1. The zero-order valence-electron chi connectivity index (χ0n) is 10.5. The molecule has 0 saturated heterocycles. The second-order valence-electron chi connectivity index (χ2n) is 4.13. The topological polar surface area (TPSA) is 3.24 Å². The summed E-state index contributed by atoms with van der Waals surface area (Å²) in [5.74, 6) is 0.130. The van der Waals surface area contributed by atoms with E-state index in [2.05, 4.69) is 0 Å². The maximum atomic E-state index is 13.3. The molecule has 100 valence electrons. The maximum absolute atomic E-state index is 13.3. The molecule has 2 aromatic carbocycles. The third-order valence-corrected chi connectivity index (χ3v) is 3.57. The molecular formula is C15H14Cl2FN. The highest BCUT2D eigenvalue weighted by molar-refractivity contribution is 6.32. The highest BCUT2D eigenvalue weighted by Crippen LogP contribution is 2.30. The van der Waals surface area contributed by atoms with E-state index in [9.17, 15) is 4.39 Å². The molecule has 0 saturated carbocycles. The Kier molecular flexibility index (Phi) is 4.67. The van der Waals surface area contributed by atoms with Crippen molar-refractivity contribution in [3.8, 4) is 0 Å². The van der Waals surface area contributed by atoms with Gasteiger partial charge < -0.3 is 4.90 Å². The van der Waals surface area contributed by atoms with Gasteiger partial charge in [0.2, 0.25) is 0 Å². The Balaban J connectivity index is 2.39. The average molecular weight is 298 g/mol. The van der Waals surface area contributed by atoms with E-state index < -0.39 is 0 Å². The second kappa shape index (κ2) is 6.27. The van der Waals surface area contributed by atoms with Crippen molar-refractivity contribution >= 4 is 34.6 Å². The van der Waals surface area contributed by atoms with Crippen molar-refractivity contribution in [3.63, 3.8) is 0 Å². The van der Waals surface area contributed by atoms with Crippen molar-refractivity contribution < 1.29 is 4.39 Å². The standard InChI is InChI=1S/C15H14Cl2FN/c1-2-19(13-5-3-4-12(18)8-13)14-7-6-11(10-16)15(17)9-14/h3-9H,2,10H2,1H3. The molecular weight excluding hydrogens is 284 g/mol. The molecule has 0 spiro atoms. The van der Waals surface area contributed by atoms with E-state index in [4.69, 9.17) is 23.2 Å². The van der Waals surface area contributed by atoms with Gasteiger partial charge in [-0.2, -0.15) is 0 Å². The van der Waals surface area contributed by atoms with Gasteiger partial charge in [-0.1, -0.05) is 23.7 Å². The minimum atomic E-state index is -0.251. The molecule has 0 N–H and O–H groups in total. The van der Waals surface area contributed by atoms with Gasteiger partial charge in [0.15, 0.2) is 0 Å². The van der Waals surface area contributed by atoms with Crippen molar-refractivity contribution in [2.45, 2.75) is 12.8 Å². The highest BCUT2D eigenvalue weighted by atomic mass is 35.5. The summed E-state index contributed by atoms with van der Waals surface area (Å²) in [6.45, 7) is 2.73. The summed E-state index contributed by atoms with van der Waals surface area (Å²) >= 11 is 12.0. The number of hydrogen-bond donors (Lipinski definition) is 0. The normalized spacial score (nSPS) is 10.5. The fraction of sp³-hybridized carbons (Fsp3) is 0.200. The molecule has 0 aliphatic rings. The van der Waals surface area contributed by atoms with Gasteiger partial charge in [0.1, 0.15) is 5.82 Å². The molecule has 0 fully saturated rings. The molecule has 2 aromatic rings. The smallest absolute Gasteiger partial charge is 0.125 e. The van der Waals surface area contributed by atoms with Gasteiger partial charge in [-0.05, 0) is 42.8 Å². The lowest BCUT2D eigenvalue weighted by atomic mass is 10.2. The third-order valence-electron chi connectivity index (χ3n) is 2.93. The zero-order valence-corrected chi connectivity index (χ0v) is 12.0. The Morgan fingerprint density at radius 2 is 1.84 bits per heavy atom. The zero-order chi connectivity index (χ0) is 13.8. The second-order valence-corrected chi connectivity index (χ2v) is 4.81. The Morgan fingerprint density at radius 3 is 2.42 bits per heavy atom. The molecule has 0 heterocycles. The molecule has 0 unspecified atom stereocenters. The van der Waals surface area contributed by atoms with Crippen LogP contribution >= 0.6 is 23.2 Å². The molecule has 0 aliphatic carbocycles. The summed E-state index contributed by atoms with van der Waals surface area (Å²) in [6, 6.07) is 12.2. The molecule has 1 nitrogen and oxygen atoms in total. The molecule has 2 rings (SSSR count). The van der Waals surface area contributed by atoms with Gasteiger partial charge in [-0.25, -0.2) is 4.39 Å². The first-order valence-electron chi connectivity index (χ1n) is 6.03. The summed E-state index contributed by atoms with van der Waals surface area (Å²) in [5, 5.41) is 0.627. The minimum absolute atomic E-state index is 0.251. The van der Waals surface area contributed by atoms with Gasteiger partial charge in [0, 0.05) is 28.8 Å². The average Bonchev–Trinajstić information content (AvgIpc) is 2.40.